The molecule has 0 amide bonds. The first-order valence-corrected chi connectivity index (χ1v) is 9.59. The van der Waals surface area contributed by atoms with Gasteiger partial charge in [-0.1, -0.05) is 35.5 Å². The molecule has 30 heavy (non-hydrogen) atoms. The summed E-state index contributed by atoms with van der Waals surface area (Å²) in [6, 6.07) is 14.2. The highest BCUT2D eigenvalue weighted by Crippen LogP contribution is 2.37. The number of phenolic OH excluding ortho intramolecular Hbond substituents is 1. The summed E-state index contributed by atoms with van der Waals surface area (Å²) >= 11 is 0. The SMILES string of the molecule is O=c1cc(-c2ccccc2)c2ccc(OCCn3cc(CCCF)nn3)c(O)c2o1. The summed E-state index contributed by atoms with van der Waals surface area (Å²) in [6.07, 6.45) is 2.69. The van der Waals surface area contributed by atoms with Crippen LogP contribution in [-0.4, -0.2) is 33.4 Å². The van der Waals surface area contributed by atoms with Crippen molar-refractivity contribution in [1.82, 2.24) is 15.0 Å². The number of halogens is 1. The van der Waals surface area contributed by atoms with Gasteiger partial charge in [0.05, 0.1) is 18.9 Å². The van der Waals surface area contributed by atoms with Crippen LogP contribution in [0.2, 0.25) is 0 Å². The number of rotatable bonds is 8. The fourth-order valence-corrected chi connectivity index (χ4v) is 3.23. The zero-order chi connectivity index (χ0) is 20.9. The summed E-state index contributed by atoms with van der Waals surface area (Å²) < 4.78 is 24.8. The Morgan fingerprint density at radius 3 is 2.80 bits per heavy atom. The molecular formula is C22H20FN3O4. The van der Waals surface area contributed by atoms with E-state index in [9.17, 15) is 14.3 Å². The molecule has 0 spiro atoms. The number of phenols is 1. The average Bonchev–Trinajstić information content (AvgIpc) is 3.22. The number of hydrogen-bond acceptors (Lipinski definition) is 6. The molecule has 0 aliphatic carbocycles. The van der Waals surface area contributed by atoms with Gasteiger partial charge in [0, 0.05) is 17.6 Å². The number of nitrogens with zero attached hydrogens (tertiary/aromatic N) is 3. The predicted molar refractivity (Wildman–Crippen MR) is 109 cm³/mol. The molecule has 7 nitrogen and oxygen atoms in total. The average molecular weight is 409 g/mol. The molecule has 0 fully saturated rings. The molecule has 154 valence electrons. The van der Waals surface area contributed by atoms with Crippen LogP contribution in [0.3, 0.4) is 0 Å². The zero-order valence-electron chi connectivity index (χ0n) is 16.1. The Bertz CT molecular complexity index is 1200. The van der Waals surface area contributed by atoms with E-state index in [0.717, 1.165) is 11.3 Å². The highest BCUT2D eigenvalue weighted by Gasteiger charge is 2.15. The van der Waals surface area contributed by atoms with Gasteiger partial charge in [0.1, 0.15) is 6.61 Å². The second-order valence-corrected chi connectivity index (χ2v) is 6.75. The van der Waals surface area contributed by atoms with E-state index in [1.54, 1.807) is 23.0 Å². The minimum absolute atomic E-state index is 0.0770. The molecule has 2 aromatic heterocycles. The number of benzene rings is 2. The van der Waals surface area contributed by atoms with Gasteiger partial charge in [0.2, 0.25) is 5.75 Å². The summed E-state index contributed by atoms with van der Waals surface area (Å²) in [5.41, 5.74) is 1.76. The molecule has 0 aliphatic heterocycles. The Balaban J connectivity index is 1.54. The standard InChI is InChI=1S/C22H20FN3O4/c23-10-4-7-16-14-26(25-24-16)11-12-29-19-9-8-17-18(15-5-2-1-3-6-15)13-20(27)30-22(17)21(19)28/h1-3,5-6,8-9,13-14,28H,4,7,10-12H2. The molecule has 0 atom stereocenters. The molecule has 2 heterocycles. The largest absolute Gasteiger partial charge is 0.502 e. The minimum Gasteiger partial charge on any atom is -0.502 e. The van der Waals surface area contributed by atoms with Gasteiger partial charge in [-0.2, -0.15) is 0 Å². The molecule has 0 bridgehead atoms. The maximum atomic E-state index is 12.2. The molecule has 0 saturated heterocycles. The summed E-state index contributed by atoms with van der Waals surface area (Å²) in [5, 5.41) is 19.2. The van der Waals surface area contributed by atoms with E-state index >= 15 is 0 Å². The Kier molecular flexibility index (Phi) is 5.74. The third-order valence-corrected chi connectivity index (χ3v) is 4.66. The lowest BCUT2D eigenvalue weighted by Gasteiger charge is -2.11. The zero-order valence-corrected chi connectivity index (χ0v) is 16.1. The summed E-state index contributed by atoms with van der Waals surface area (Å²) in [5.74, 6) is -0.0294. The predicted octanol–water partition coefficient (Wildman–Crippen LogP) is 3.74. The molecule has 0 unspecified atom stereocenters. The summed E-state index contributed by atoms with van der Waals surface area (Å²) in [7, 11) is 0. The van der Waals surface area contributed by atoms with Crippen LogP contribution in [-0.2, 0) is 13.0 Å². The van der Waals surface area contributed by atoms with Crippen molar-refractivity contribution in [2.24, 2.45) is 0 Å². The van der Waals surface area contributed by atoms with E-state index < -0.39 is 5.63 Å². The molecule has 1 N–H and O–H groups in total. The van der Waals surface area contributed by atoms with Crippen LogP contribution < -0.4 is 10.4 Å². The molecular weight excluding hydrogens is 389 g/mol. The topological polar surface area (TPSA) is 90.4 Å². The number of aryl methyl sites for hydroxylation is 1. The highest BCUT2D eigenvalue weighted by molar-refractivity contribution is 5.97. The Labute approximate surface area is 171 Å². The van der Waals surface area contributed by atoms with Crippen LogP contribution in [0.25, 0.3) is 22.1 Å². The van der Waals surface area contributed by atoms with E-state index in [0.29, 0.717) is 30.3 Å². The number of ether oxygens (including phenoxy) is 1. The van der Waals surface area contributed by atoms with E-state index in [1.807, 2.05) is 30.3 Å². The Morgan fingerprint density at radius 1 is 1.17 bits per heavy atom. The number of alkyl halides is 1. The highest BCUT2D eigenvalue weighted by atomic mass is 19.1. The maximum absolute atomic E-state index is 12.2. The van der Waals surface area contributed by atoms with E-state index in [1.165, 1.54) is 6.07 Å². The van der Waals surface area contributed by atoms with E-state index in [2.05, 4.69) is 10.3 Å². The number of hydrogen-bond donors (Lipinski definition) is 1. The smallest absolute Gasteiger partial charge is 0.336 e. The first kappa shape index (κ1) is 19.6. The molecule has 0 aliphatic rings. The fourth-order valence-electron chi connectivity index (χ4n) is 3.23. The van der Waals surface area contributed by atoms with Crippen LogP contribution >= 0.6 is 0 Å². The first-order chi connectivity index (χ1) is 14.7. The normalized spacial score (nSPS) is 11.1. The van der Waals surface area contributed by atoms with Gasteiger partial charge >= 0.3 is 5.63 Å². The Morgan fingerprint density at radius 2 is 2.00 bits per heavy atom. The molecule has 0 saturated carbocycles. The maximum Gasteiger partial charge on any atom is 0.336 e. The van der Waals surface area contributed by atoms with Crippen molar-refractivity contribution in [1.29, 1.82) is 0 Å². The molecule has 4 aromatic rings. The summed E-state index contributed by atoms with van der Waals surface area (Å²) in [6.45, 7) is 0.223. The van der Waals surface area contributed by atoms with Crippen molar-refractivity contribution in [3.63, 3.8) is 0 Å². The van der Waals surface area contributed by atoms with Crippen LogP contribution in [0.1, 0.15) is 12.1 Å². The van der Waals surface area contributed by atoms with Crippen molar-refractivity contribution < 1.29 is 18.7 Å². The lowest BCUT2D eigenvalue weighted by Crippen LogP contribution is -2.09. The quantitative estimate of drug-likeness (QED) is 0.446. The minimum atomic E-state index is -0.558. The van der Waals surface area contributed by atoms with Gasteiger partial charge in [-0.25, -0.2) is 9.48 Å². The van der Waals surface area contributed by atoms with E-state index in [4.69, 9.17) is 9.15 Å². The second kappa shape index (κ2) is 8.77. The Hall–Kier alpha value is -3.68. The van der Waals surface area contributed by atoms with Crippen LogP contribution in [0.4, 0.5) is 4.39 Å². The van der Waals surface area contributed by atoms with Crippen molar-refractivity contribution in [2.75, 3.05) is 13.3 Å². The van der Waals surface area contributed by atoms with Gasteiger partial charge < -0.3 is 14.3 Å². The van der Waals surface area contributed by atoms with Crippen molar-refractivity contribution in [3.8, 4) is 22.6 Å². The van der Waals surface area contributed by atoms with Gasteiger partial charge in [0.25, 0.3) is 0 Å². The molecule has 4 rings (SSSR count). The van der Waals surface area contributed by atoms with Gasteiger partial charge in [-0.05, 0) is 36.1 Å². The first-order valence-electron chi connectivity index (χ1n) is 9.59. The van der Waals surface area contributed by atoms with Crippen molar-refractivity contribution in [2.45, 2.75) is 19.4 Å². The third kappa shape index (κ3) is 4.17. The number of fused-ring (bicyclic) bond motifs is 1. The second-order valence-electron chi connectivity index (χ2n) is 6.75. The number of aromatic hydroxyl groups is 1. The monoisotopic (exact) mass is 409 g/mol. The van der Waals surface area contributed by atoms with Gasteiger partial charge in [-0.3, -0.25) is 4.39 Å². The van der Waals surface area contributed by atoms with Crippen LogP contribution in [0, 0.1) is 0 Å². The van der Waals surface area contributed by atoms with Crippen molar-refractivity contribution >= 4 is 11.0 Å². The van der Waals surface area contributed by atoms with Crippen molar-refractivity contribution in [3.05, 3.63) is 70.8 Å². The lowest BCUT2D eigenvalue weighted by molar-refractivity contribution is 0.276. The third-order valence-electron chi connectivity index (χ3n) is 4.66. The molecule has 8 heteroatoms. The van der Waals surface area contributed by atoms with Crippen LogP contribution in [0.5, 0.6) is 11.5 Å². The van der Waals surface area contributed by atoms with Gasteiger partial charge in [0.15, 0.2) is 11.3 Å². The van der Waals surface area contributed by atoms with E-state index in [-0.39, 0.29) is 30.4 Å². The lowest BCUT2D eigenvalue weighted by atomic mass is 10.0. The van der Waals surface area contributed by atoms with Gasteiger partial charge in [-0.15, -0.1) is 5.10 Å². The fraction of sp³-hybridized carbons (Fsp3) is 0.227. The van der Waals surface area contributed by atoms with Crippen LogP contribution in [0.15, 0.2) is 63.9 Å². The molecule has 0 radical (unpaired) electrons. The summed E-state index contributed by atoms with van der Waals surface area (Å²) in [4.78, 5) is 12.1. The molecule has 2 aromatic carbocycles. The number of aromatic nitrogens is 3.